The summed E-state index contributed by atoms with van der Waals surface area (Å²) >= 11 is 6.98. The van der Waals surface area contributed by atoms with Gasteiger partial charge in [-0.05, 0) is 31.2 Å². The van der Waals surface area contributed by atoms with Crippen molar-refractivity contribution in [2.24, 2.45) is 19.1 Å². The van der Waals surface area contributed by atoms with Crippen LogP contribution in [0.3, 0.4) is 0 Å². The minimum atomic E-state index is -4.96. The van der Waals surface area contributed by atoms with E-state index < -0.39 is 37.9 Å². The van der Waals surface area contributed by atoms with E-state index in [9.17, 15) is 37.1 Å². The molecule has 3 heterocycles. The van der Waals surface area contributed by atoms with Crippen LogP contribution in [0.2, 0.25) is 5.02 Å². The molecule has 0 aliphatic rings. The predicted octanol–water partition coefficient (Wildman–Crippen LogP) is 3.86. The summed E-state index contributed by atoms with van der Waals surface area (Å²) in [4.78, 5) is 47.8. The van der Waals surface area contributed by atoms with Gasteiger partial charge in [0.05, 0.1) is 10.7 Å². The van der Waals surface area contributed by atoms with E-state index >= 15 is 0 Å². The van der Waals surface area contributed by atoms with Crippen molar-refractivity contribution in [1.29, 1.82) is 0 Å². The fourth-order valence-corrected chi connectivity index (χ4v) is 5.08. The molecule has 4 rings (SSSR count). The van der Waals surface area contributed by atoms with E-state index in [0.717, 1.165) is 22.0 Å². The number of furan rings is 1. The molecule has 0 atom stereocenters. The lowest BCUT2D eigenvalue weighted by molar-refractivity contribution is -0.274. The Morgan fingerprint density at radius 3 is 2.55 bits per heavy atom. The van der Waals surface area contributed by atoms with Crippen molar-refractivity contribution >= 4 is 47.9 Å². The predicted molar refractivity (Wildman–Crippen MR) is 139 cm³/mol. The van der Waals surface area contributed by atoms with Crippen LogP contribution in [0.4, 0.5) is 13.2 Å². The van der Waals surface area contributed by atoms with Crippen molar-refractivity contribution < 1.29 is 41.2 Å². The van der Waals surface area contributed by atoms with Crippen LogP contribution < -0.4 is 20.8 Å². The minimum Gasteiger partial charge on any atom is -0.444 e. The summed E-state index contributed by atoms with van der Waals surface area (Å²) in [6.07, 6.45) is -2.19. The zero-order valence-corrected chi connectivity index (χ0v) is 23.1. The standard InChI is InChI=1S/C22H19ClF3N4O8PS/c1-11-13(17-18(31)28(2)21(32)29(3)19(17)37-11)6-7-27-20-30(10-36-39(33,34)35)15(9-40-20)12-4-5-16(14(23)8-12)38-22(24,25)26/h4-9H,10H2,1-3H3,(H2,33,34,35). The highest BCUT2D eigenvalue weighted by Gasteiger charge is 2.32. The number of thiazole rings is 1. The molecule has 0 radical (unpaired) electrons. The van der Waals surface area contributed by atoms with Crippen molar-refractivity contribution in [3.05, 3.63) is 71.8 Å². The largest absolute Gasteiger partial charge is 0.573 e. The highest BCUT2D eigenvalue weighted by Crippen LogP contribution is 2.37. The third-order valence-electron chi connectivity index (χ3n) is 5.54. The highest BCUT2D eigenvalue weighted by molar-refractivity contribution is 7.46. The number of aromatic nitrogens is 3. The molecule has 2 N–H and O–H groups in total. The maximum Gasteiger partial charge on any atom is 0.573 e. The summed E-state index contributed by atoms with van der Waals surface area (Å²) in [5.74, 6) is -0.300. The van der Waals surface area contributed by atoms with Crippen molar-refractivity contribution in [3.8, 4) is 17.0 Å². The molecule has 0 amide bonds. The van der Waals surface area contributed by atoms with Gasteiger partial charge in [0.1, 0.15) is 23.6 Å². The van der Waals surface area contributed by atoms with E-state index in [4.69, 9.17) is 16.0 Å². The molecule has 0 aliphatic carbocycles. The zero-order valence-electron chi connectivity index (χ0n) is 20.7. The lowest BCUT2D eigenvalue weighted by Crippen LogP contribution is -2.36. The number of phosphoric acid groups is 1. The Balaban J connectivity index is 1.79. The fourth-order valence-electron chi connectivity index (χ4n) is 3.72. The minimum absolute atomic E-state index is 0.0728. The van der Waals surface area contributed by atoms with Gasteiger partial charge in [-0.1, -0.05) is 11.6 Å². The molecule has 1 aromatic carbocycles. The number of alkyl halides is 3. The fraction of sp³-hybridized carbons (Fsp3) is 0.227. The van der Waals surface area contributed by atoms with Gasteiger partial charge in [0.2, 0.25) is 5.71 Å². The monoisotopic (exact) mass is 622 g/mol. The third kappa shape index (κ3) is 6.16. The average molecular weight is 623 g/mol. The van der Waals surface area contributed by atoms with Crippen LogP contribution >= 0.6 is 30.8 Å². The van der Waals surface area contributed by atoms with Crippen molar-refractivity contribution in [2.45, 2.75) is 20.0 Å². The van der Waals surface area contributed by atoms with Crippen LogP contribution in [-0.4, -0.2) is 29.9 Å². The van der Waals surface area contributed by atoms with Gasteiger partial charge in [0.15, 0.2) is 4.80 Å². The van der Waals surface area contributed by atoms with Crippen molar-refractivity contribution in [2.75, 3.05) is 0 Å². The molecule has 18 heteroatoms. The molecule has 0 fully saturated rings. The van der Waals surface area contributed by atoms with E-state index in [2.05, 4.69) is 14.3 Å². The Morgan fingerprint density at radius 1 is 1.23 bits per heavy atom. The maximum absolute atomic E-state index is 12.7. The van der Waals surface area contributed by atoms with Crippen LogP contribution in [0.25, 0.3) is 28.4 Å². The number of halogens is 4. The normalized spacial score (nSPS) is 13.2. The van der Waals surface area contributed by atoms with Gasteiger partial charge in [0.25, 0.3) is 5.56 Å². The van der Waals surface area contributed by atoms with Gasteiger partial charge < -0.3 is 18.9 Å². The average Bonchev–Trinajstić information content (AvgIpc) is 3.41. The first-order chi connectivity index (χ1) is 18.6. The first-order valence-corrected chi connectivity index (χ1v) is 13.7. The molecule has 0 spiro atoms. The van der Waals surface area contributed by atoms with Crippen molar-refractivity contribution in [3.63, 3.8) is 0 Å². The second-order valence-corrected chi connectivity index (χ2v) is 10.7. The number of rotatable bonds is 7. The van der Waals surface area contributed by atoms with Crippen LogP contribution in [0.15, 0.2) is 48.8 Å². The lowest BCUT2D eigenvalue weighted by Gasteiger charge is -2.13. The summed E-state index contributed by atoms with van der Waals surface area (Å²) < 4.78 is 66.7. The first kappa shape index (κ1) is 29.6. The second kappa shape index (κ2) is 10.9. The highest BCUT2D eigenvalue weighted by atomic mass is 35.5. The summed E-state index contributed by atoms with van der Waals surface area (Å²) in [6.45, 7) is 0.918. The van der Waals surface area contributed by atoms with Crippen LogP contribution in [-0.2, 0) is 29.9 Å². The van der Waals surface area contributed by atoms with Gasteiger partial charge in [0, 0.05) is 36.8 Å². The van der Waals surface area contributed by atoms with E-state index in [0.29, 0.717) is 11.3 Å². The number of fused-ring (bicyclic) bond motifs is 1. The van der Waals surface area contributed by atoms with Gasteiger partial charge in [-0.2, -0.15) is 0 Å². The summed E-state index contributed by atoms with van der Waals surface area (Å²) in [7, 11) is -2.14. The number of phosphoric ester groups is 1. The molecule has 0 saturated heterocycles. The van der Waals surface area contributed by atoms with E-state index in [1.54, 1.807) is 6.92 Å². The molecule has 0 unspecified atom stereocenters. The van der Waals surface area contributed by atoms with E-state index in [1.807, 2.05) is 0 Å². The Hall–Kier alpha value is -3.40. The second-order valence-electron chi connectivity index (χ2n) is 8.18. The molecule has 12 nitrogen and oxygen atoms in total. The van der Waals surface area contributed by atoms with Gasteiger partial charge in [-0.25, -0.2) is 14.4 Å². The number of hydrogen-bond donors (Lipinski definition) is 2. The Kier molecular flexibility index (Phi) is 8.04. The molecule has 0 aliphatic heterocycles. The number of nitrogens with zero attached hydrogens (tertiary/aromatic N) is 4. The number of benzene rings is 1. The van der Waals surface area contributed by atoms with E-state index in [-0.39, 0.29) is 32.2 Å². The Bertz CT molecular complexity index is 1880. The van der Waals surface area contributed by atoms with Gasteiger partial charge >= 0.3 is 19.9 Å². The van der Waals surface area contributed by atoms with Crippen molar-refractivity contribution in [1.82, 2.24) is 13.7 Å². The lowest BCUT2D eigenvalue weighted by atomic mass is 10.1. The molecule has 214 valence electrons. The number of hydrogen-bond acceptors (Lipinski definition) is 8. The summed E-state index contributed by atoms with van der Waals surface area (Å²) in [5.41, 5.74) is -0.174. The molecule has 40 heavy (non-hydrogen) atoms. The molecule has 3 aromatic heterocycles. The molecule has 0 saturated carbocycles. The smallest absolute Gasteiger partial charge is 0.444 e. The molecular weight excluding hydrogens is 604 g/mol. The zero-order chi connectivity index (χ0) is 29.6. The SMILES string of the molecule is Cc1oc2c(c1C=CN=c1scc(-c3ccc(OC(F)(F)F)c(Cl)c3)n1COP(=O)(O)O)c(=O)n(C)c(=O)n2C. The Labute approximate surface area is 230 Å². The molecular formula is C22H19ClF3N4O8PS. The van der Waals surface area contributed by atoms with Crippen LogP contribution in [0.5, 0.6) is 5.75 Å². The molecule has 4 aromatic rings. The topological polar surface area (TPSA) is 150 Å². The summed E-state index contributed by atoms with van der Waals surface area (Å²) in [5, 5.41) is 1.31. The number of aryl methyl sites for hydroxylation is 2. The first-order valence-electron chi connectivity index (χ1n) is 10.9. The quantitative estimate of drug-likeness (QED) is 0.295. The third-order valence-corrected chi connectivity index (χ3v) is 7.17. The number of ether oxygens (including phenoxy) is 1. The van der Waals surface area contributed by atoms with Crippen LogP contribution in [0.1, 0.15) is 11.3 Å². The summed E-state index contributed by atoms with van der Waals surface area (Å²) in [6, 6.07) is 3.44. The maximum atomic E-state index is 12.7. The van der Waals surface area contributed by atoms with E-state index in [1.165, 1.54) is 53.0 Å². The van der Waals surface area contributed by atoms with Crippen LogP contribution in [0, 0.1) is 6.92 Å². The molecule has 0 bridgehead atoms. The van der Waals surface area contributed by atoms with Gasteiger partial charge in [-0.3, -0.25) is 23.0 Å². The van der Waals surface area contributed by atoms with Gasteiger partial charge in [-0.15, -0.1) is 24.5 Å². The Morgan fingerprint density at radius 2 is 1.93 bits per heavy atom.